The van der Waals surface area contributed by atoms with E-state index in [2.05, 4.69) is 15.9 Å². The van der Waals surface area contributed by atoms with Crippen LogP contribution < -0.4 is 5.73 Å². The molecule has 3 aromatic rings. The molecular weight excluding hydrogens is 270 g/mol. The van der Waals surface area contributed by atoms with Gasteiger partial charge in [0, 0.05) is 11.1 Å². The molecule has 0 aliphatic rings. The Balaban J connectivity index is 2.26. The number of nitrogens with zero attached hydrogens (tertiary/aromatic N) is 2. The van der Waals surface area contributed by atoms with Gasteiger partial charge in [-0.15, -0.1) is 17.8 Å². The minimum Gasteiger partial charge on any atom is -0.364 e. The van der Waals surface area contributed by atoms with Crippen molar-refractivity contribution in [1.29, 1.82) is 0 Å². The van der Waals surface area contributed by atoms with Crippen LogP contribution in [0.1, 0.15) is 16.1 Å². The van der Waals surface area contributed by atoms with Crippen LogP contribution in [0.3, 0.4) is 0 Å². The van der Waals surface area contributed by atoms with Crippen LogP contribution in [0.15, 0.2) is 35.7 Å². The number of primary amides is 1. The number of terminal acetylenes is 1. The van der Waals surface area contributed by atoms with Gasteiger partial charge in [0.15, 0.2) is 5.82 Å². The zero-order valence-corrected chi connectivity index (χ0v) is 11.1. The molecular formula is C15H9N3OS. The predicted octanol–water partition coefficient (Wildman–Crippen LogP) is 2.44. The number of aromatic nitrogens is 2. The molecule has 3 rings (SSSR count). The van der Waals surface area contributed by atoms with E-state index in [9.17, 15) is 4.79 Å². The quantitative estimate of drug-likeness (QED) is 0.732. The Morgan fingerprint density at radius 2 is 2.15 bits per heavy atom. The molecule has 5 heteroatoms. The number of benzene rings is 1. The SMILES string of the molecule is C#Cc1cccc(-c2nc(C(N)=O)c3sccc3n2)c1. The van der Waals surface area contributed by atoms with Gasteiger partial charge in [0.05, 0.1) is 10.2 Å². The summed E-state index contributed by atoms with van der Waals surface area (Å²) in [5, 5.41) is 1.85. The topological polar surface area (TPSA) is 68.9 Å². The molecule has 20 heavy (non-hydrogen) atoms. The highest BCUT2D eigenvalue weighted by molar-refractivity contribution is 7.17. The second kappa shape index (κ2) is 4.76. The summed E-state index contributed by atoms with van der Waals surface area (Å²) < 4.78 is 0.703. The van der Waals surface area contributed by atoms with E-state index < -0.39 is 5.91 Å². The van der Waals surface area contributed by atoms with Crippen molar-refractivity contribution in [1.82, 2.24) is 9.97 Å². The van der Waals surface area contributed by atoms with Crippen molar-refractivity contribution < 1.29 is 4.79 Å². The minimum atomic E-state index is -0.561. The Kier molecular flexibility index (Phi) is 2.93. The van der Waals surface area contributed by atoms with E-state index in [4.69, 9.17) is 12.2 Å². The smallest absolute Gasteiger partial charge is 0.268 e. The fourth-order valence-electron chi connectivity index (χ4n) is 1.91. The number of amides is 1. The van der Waals surface area contributed by atoms with E-state index >= 15 is 0 Å². The summed E-state index contributed by atoms with van der Waals surface area (Å²) in [7, 11) is 0. The number of carbonyl (C=O) groups excluding carboxylic acids is 1. The maximum absolute atomic E-state index is 11.5. The van der Waals surface area contributed by atoms with Gasteiger partial charge in [-0.2, -0.15) is 0 Å². The van der Waals surface area contributed by atoms with E-state index in [1.54, 1.807) is 6.07 Å². The average molecular weight is 279 g/mol. The van der Waals surface area contributed by atoms with Crippen LogP contribution in [-0.4, -0.2) is 15.9 Å². The average Bonchev–Trinajstić information content (AvgIpc) is 2.94. The lowest BCUT2D eigenvalue weighted by molar-refractivity contribution is 0.0997. The molecule has 0 atom stereocenters. The van der Waals surface area contributed by atoms with E-state index in [1.807, 2.05) is 29.6 Å². The van der Waals surface area contributed by atoms with Crippen LogP contribution in [0, 0.1) is 12.3 Å². The zero-order valence-electron chi connectivity index (χ0n) is 10.3. The molecule has 2 heterocycles. The summed E-state index contributed by atoms with van der Waals surface area (Å²) in [6, 6.07) is 9.14. The Labute approximate surface area is 119 Å². The van der Waals surface area contributed by atoms with Gasteiger partial charge < -0.3 is 5.73 Å². The van der Waals surface area contributed by atoms with Gasteiger partial charge in [0.1, 0.15) is 5.69 Å². The first-order valence-corrected chi connectivity index (χ1v) is 6.69. The molecule has 2 N–H and O–H groups in total. The minimum absolute atomic E-state index is 0.242. The van der Waals surface area contributed by atoms with Crippen LogP contribution in [0.25, 0.3) is 21.6 Å². The standard InChI is InChI=1S/C15H9N3OS/c1-2-9-4-3-5-10(8-9)15-17-11-6-7-20-13(11)12(18-15)14(16)19/h1,3-8H,(H2,16,19). The van der Waals surface area contributed by atoms with Crippen molar-refractivity contribution in [2.75, 3.05) is 0 Å². The molecule has 0 aliphatic heterocycles. The summed E-state index contributed by atoms with van der Waals surface area (Å²) in [5.74, 6) is 2.45. The van der Waals surface area contributed by atoms with E-state index in [1.165, 1.54) is 11.3 Å². The van der Waals surface area contributed by atoms with Crippen LogP contribution in [0.2, 0.25) is 0 Å². The fourth-order valence-corrected chi connectivity index (χ4v) is 2.73. The first-order valence-electron chi connectivity index (χ1n) is 5.81. The van der Waals surface area contributed by atoms with Crippen molar-refractivity contribution in [3.05, 3.63) is 47.0 Å². The van der Waals surface area contributed by atoms with E-state index in [-0.39, 0.29) is 5.69 Å². The third-order valence-electron chi connectivity index (χ3n) is 2.82. The lowest BCUT2D eigenvalue weighted by atomic mass is 10.1. The summed E-state index contributed by atoms with van der Waals surface area (Å²) in [6.07, 6.45) is 5.39. The Hall–Kier alpha value is -2.71. The molecule has 0 radical (unpaired) electrons. The number of hydrogen-bond acceptors (Lipinski definition) is 4. The van der Waals surface area contributed by atoms with Gasteiger partial charge in [-0.25, -0.2) is 9.97 Å². The molecule has 0 fully saturated rings. The first kappa shape index (κ1) is 12.3. The molecule has 4 nitrogen and oxygen atoms in total. The summed E-state index contributed by atoms with van der Waals surface area (Å²) >= 11 is 1.40. The molecule has 0 saturated heterocycles. The van der Waals surface area contributed by atoms with Crippen LogP contribution >= 0.6 is 11.3 Å². The lowest BCUT2D eigenvalue weighted by Gasteiger charge is -2.04. The van der Waals surface area contributed by atoms with Gasteiger partial charge in [-0.05, 0) is 23.6 Å². The van der Waals surface area contributed by atoms with E-state index in [0.717, 1.165) is 11.1 Å². The molecule has 0 saturated carbocycles. The number of rotatable bonds is 2. The van der Waals surface area contributed by atoms with Crippen molar-refractivity contribution in [3.63, 3.8) is 0 Å². The zero-order chi connectivity index (χ0) is 14.1. The van der Waals surface area contributed by atoms with Gasteiger partial charge in [0.2, 0.25) is 0 Å². The largest absolute Gasteiger partial charge is 0.364 e. The third kappa shape index (κ3) is 2.02. The molecule has 1 aromatic carbocycles. The van der Waals surface area contributed by atoms with Crippen molar-refractivity contribution in [2.45, 2.75) is 0 Å². The highest BCUT2D eigenvalue weighted by atomic mass is 32.1. The summed E-state index contributed by atoms with van der Waals surface area (Å²) in [6.45, 7) is 0. The molecule has 0 aliphatic carbocycles. The van der Waals surface area contributed by atoms with Gasteiger partial charge in [-0.3, -0.25) is 4.79 Å². The highest BCUT2D eigenvalue weighted by Crippen LogP contribution is 2.25. The van der Waals surface area contributed by atoms with Gasteiger partial charge in [-0.1, -0.05) is 18.1 Å². The number of thiophene rings is 1. The van der Waals surface area contributed by atoms with Crippen molar-refractivity contribution >= 4 is 27.5 Å². The van der Waals surface area contributed by atoms with Crippen molar-refractivity contribution in [2.24, 2.45) is 5.73 Å². The molecule has 1 amide bonds. The Morgan fingerprint density at radius 1 is 1.30 bits per heavy atom. The maximum Gasteiger partial charge on any atom is 0.268 e. The first-order chi connectivity index (χ1) is 9.69. The number of fused-ring (bicyclic) bond motifs is 1. The normalized spacial score (nSPS) is 10.3. The lowest BCUT2D eigenvalue weighted by Crippen LogP contribution is -2.14. The predicted molar refractivity (Wildman–Crippen MR) is 79.3 cm³/mol. The summed E-state index contributed by atoms with van der Waals surface area (Å²) in [4.78, 5) is 20.2. The van der Waals surface area contributed by atoms with Crippen molar-refractivity contribution in [3.8, 4) is 23.7 Å². The monoisotopic (exact) mass is 279 g/mol. The van der Waals surface area contributed by atoms with Gasteiger partial charge >= 0.3 is 0 Å². The Bertz CT molecular complexity index is 861. The number of hydrogen-bond donors (Lipinski definition) is 1. The van der Waals surface area contributed by atoms with Crippen LogP contribution in [0.5, 0.6) is 0 Å². The number of carbonyl (C=O) groups is 1. The van der Waals surface area contributed by atoms with E-state index in [0.29, 0.717) is 16.0 Å². The fraction of sp³-hybridized carbons (Fsp3) is 0. The molecule has 96 valence electrons. The molecule has 2 aromatic heterocycles. The maximum atomic E-state index is 11.5. The second-order valence-corrected chi connectivity index (χ2v) is 5.04. The molecule has 0 spiro atoms. The molecule has 0 bridgehead atoms. The molecule has 0 unspecified atom stereocenters. The Morgan fingerprint density at radius 3 is 2.90 bits per heavy atom. The highest BCUT2D eigenvalue weighted by Gasteiger charge is 2.14. The van der Waals surface area contributed by atoms with Crippen LogP contribution in [-0.2, 0) is 0 Å². The second-order valence-electron chi connectivity index (χ2n) is 4.12. The van der Waals surface area contributed by atoms with Gasteiger partial charge in [0.25, 0.3) is 5.91 Å². The van der Waals surface area contributed by atoms with Crippen LogP contribution in [0.4, 0.5) is 0 Å². The third-order valence-corrected chi connectivity index (χ3v) is 3.73. The summed E-state index contributed by atoms with van der Waals surface area (Å²) in [5.41, 5.74) is 7.83. The number of nitrogens with two attached hydrogens (primary N) is 1.